The van der Waals surface area contributed by atoms with Crippen LogP contribution in [0.15, 0.2) is 42.4 Å². The predicted molar refractivity (Wildman–Crippen MR) is 103 cm³/mol. The smallest absolute Gasteiger partial charge is 0.227 e. The van der Waals surface area contributed by atoms with E-state index >= 15 is 0 Å². The molecule has 0 saturated carbocycles. The number of nitrogens with zero attached hydrogens (tertiary/aromatic N) is 5. The lowest BCUT2D eigenvalue weighted by atomic mass is 9.96. The first-order valence-electron chi connectivity index (χ1n) is 9.75. The molecule has 0 spiro atoms. The monoisotopic (exact) mass is 366 g/mol. The second-order valence-electron chi connectivity index (χ2n) is 7.38. The largest absolute Gasteiger partial charge is 0.354 e. The number of fused-ring (bicyclic) bond motifs is 1. The zero-order valence-electron chi connectivity index (χ0n) is 15.5. The summed E-state index contributed by atoms with van der Waals surface area (Å²) in [6, 6.07) is 3.81. The molecule has 0 fully saturated rings. The van der Waals surface area contributed by atoms with Crippen molar-refractivity contribution in [2.24, 2.45) is 5.92 Å². The van der Waals surface area contributed by atoms with E-state index in [1.54, 1.807) is 18.5 Å². The number of carbonyl (C=O) groups excluding carboxylic acids is 1. The molecule has 1 aliphatic heterocycles. The van der Waals surface area contributed by atoms with Crippen LogP contribution in [0.1, 0.15) is 37.8 Å². The molecule has 1 atom stereocenters. The molecule has 7 nitrogen and oxygen atoms in total. The highest BCUT2D eigenvalue weighted by Crippen LogP contribution is 2.23. The van der Waals surface area contributed by atoms with Gasteiger partial charge < -0.3 is 10.2 Å². The van der Waals surface area contributed by atoms with E-state index in [1.165, 1.54) is 18.4 Å². The fourth-order valence-electron chi connectivity index (χ4n) is 3.85. The quantitative estimate of drug-likeness (QED) is 0.823. The standard InChI is InChI=1S/C20H26N6O/c27-19(11-16-5-2-1-3-6-16)25-13-17(12-23-20-21-8-4-9-22-20)14-26-18(15-25)7-10-24-26/h4-5,7-10,17H,1-3,6,11-15H2,(H,21,22,23)/t17-/m0/s1. The molecule has 4 rings (SSSR count). The molecule has 0 radical (unpaired) electrons. The maximum Gasteiger partial charge on any atom is 0.227 e. The van der Waals surface area contributed by atoms with Crippen LogP contribution in [0.2, 0.25) is 0 Å². The third-order valence-electron chi connectivity index (χ3n) is 5.30. The van der Waals surface area contributed by atoms with E-state index in [9.17, 15) is 4.79 Å². The Balaban J connectivity index is 1.44. The lowest BCUT2D eigenvalue weighted by molar-refractivity contribution is -0.131. The van der Waals surface area contributed by atoms with Crippen molar-refractivity contribution in [3.05, 3.63) is 48.1 Å². The second-order valence-corrected chi connectivity index (χ2v) is 7.38. The molecule has 142 valence electrons. The molecular formula is C20H26N6O. The molecule has 3 heterocycles. The molecule has 0 saturated heterocycles. The van der Waals surface area contributed by atoms with Crippen molar-refractivity contribution in [3.63, 3.8) is 0 Å². The van der Waals surface area contributed by atoms with Gasteiger partial charge in [-0.25, -0.2) is 9.97 Å². The van der Waals surface area contributed by atoms with Crippen molar-refractivity contribution >= 4 is 11.9 Å². The number of hydrogen-bond donors (Lipinski definition) is 1. The first-order chi connectivity index (χ1) is 13.3. The van der Waals surface area contributed by atoms with E-state index in [0.717, 1.165) is 31.6 Å². The van der Waals surface area contributed by atoms with Crippen molar-refractivity contribution in [2.45, 2.75) is 45.2 Å². The van der Waals surface area contributed by atoms with Crippen LogP contribution in [0.25, 0.3) is 0 Å². The minimum absolute atomic E-state index is 0.221. The number of aromatic nitrogens is 4. The van der Waals surface area contributed by atoms with Crippen molar-refractivity contribution in [3.8, 4) is 0 Å². The number of rotatable bonds is 5. The average molecular weight is 366 g/mol. The normalized spacial score (nSPS) is 19.8. The minimum atomic E-state index is 0.221. The molecule has 0 bridgehead atoms. The van der Waals surface area contributed by atoms with E-state index in [4.69, 9.17) is 0 Å². The van der Waals surface area contributed by atoms with E-state index in [0.29, 0.717) is 25.5 Å². The summed E-state index contributed by atoms with van der Waals surface area (Å²) in [5.41, 5.74) is 2.40. The van der Waals surface area contributed by atoms with E-state index < -0.39 is 0 Å². The van der Waals surface area contributed by atoms with Crippen molar-refractivity contribution in [1.29, 1.82) is 0 Å². The Labute approximate surface area is 159 Å². The highest BCUT2D eigenvalue weighted by atomic mass is 16.2. The molecule has 1 N–H and O–H groups in total. The number of allylic oxidation sites excluding steroid dienone is 1. The molecule has 2 aromatic heterocycles. The Kier molecular flexibility index (Phi) is 5.46. The molecule has 27 heavy (non-hydrogen) atoms. The number of hydrogen-bond acceptors (Lipinski definition) is 5. The summed E-state index contributed by atoms with van der Waals surface area (Å²) >= 11 is 0. The van der Waals surface area contributed by atoms with Gasteiger partial charge in [0.05, 0.1) is 12.2 Å². The van der Waals surface area contributed by atoms with Gasteiger partial charge in [-0.3, -0.25) is 9.48 Å². The summed E-state index contributed by atoms with van der Waals surface area (Å²) in [4.78, 5) is 23.4. The molecular weight excluding hydrogens is 340 g/mol. The van der Waals surface area contributed by atoms with E-state index in [1.807, 2.05) is 21.8 Å². The van der Waals surface area contributed by atoms with Crippen molar-refractivity contribution < 1.29 is 4.79 Å². The van der Waals surface area contributed by atoms with Gasteiger partial charge in [0.25, 0.3) is 0 Å². The Morgan fingerprint density at radius 1 is 1.19 bits per heavy atom. The van der Waals surface area contributed by atoms with Crippen LogP contribution in [-0.2, 0) is 17.9 Å². The van der Waals surface area contributed by atoms with Crippen LogP contribution >= 0.6 is 0 Å². The molecule has 2 aromatic rings. The summed E-state index contributed by atoms with van der Waals surface area (Å²) in [5.74, 6) is 1.09. The zero-order chi connectivity index (χ0) is 18.5. The highest BCUT2D eigenvalue weighted by molar-refractivity contribution is 5.78. The fourth-order valence-corrected chi connectivity index (χ4v) is 3.85. The lowest BCUT2D eigenvalue weighted by Crippen LogP contribution is -2.36. The Morgan fingerprint density at radius 3 is 2.89 bits per heavy atom. The maximum absolute atomic E-state index is 13.0. The van der Waals surface area contributed by atoms with Crippen LogP contribution in [-0.4, -0.2) is 43.6 Å². The Bertz CT molecular complexity index is 800. The van der Waals surface area contributed by atoms with Crippen LogP contribution in [0.4, 0.5) is 5.95 Å². The molecule has 0 unspecified atom stereocenters. The van der Waals surface area contributed by atoms with Gasteiger partial charge in [0.2, 0.25) is 11.9 Å². The second kappa shape index (κ2) is 8.33. The van der Waals surface area contributed by atoms with Crippen LogP contribution in [0.3, 0.4) is 0 Å². The van der Waals surface area contributed by atoms with Crippen LogP contribution in [0.5, 0.6) is 0 Å². The van der Waals surface area contributed by atoms with Crippen LogP contribution < -0.4 is 5.32 Å². The number of nitrogens with one attached hydrogen (secondary N) is 1. The van der Waals surface area contributed by atoms with E-state index in [-0.39, 0.29) is 11.8 Å². The Morgan fingerprint density at radius 2 is 2.07 bits per heavy atom. The summed E-state index contributed by atoms with van der Waals surface area (Å²) < 4.78 is 2.02. The first-order valence-corrected chi connectivity index (χ1v) is 9.75. The molecule has 2 aliphatic rings. The maximum atomic E-state index is 13.0. The van der Waals surface area contributed by atoms with Gasteiger partial charge in [0.1, 0.15) is 0 Å². The molecule has 1 aliphatic carbocycles. The molecule has 1 amide bonds. The third kappa shape index (κ3) is 4.53. The zero-order valence-corrected chi connectivity index (χ0v) is 15.5. The first kappa shape index (κ1) is 17.7. The number of anilines is 1. The molecule has 7 heteroatoms. The lowest BCUT2D eigenvalue weighted by Gasteiger charge is -2.25. The number of carbonyl (C=O) groups is 1. The molecule has 0 aromatic carbocycles. The van der Waals surface area contributed by atoms with Crippen molar-refractivity contribution in [2.75, 3.05) is 18.4 Å². The average Bonchev–Trinajstić information content (AvgIpc) is 3.06. The third-order valence-corrected chi connectivity index (χ3v) is 5.30. The van der Waals surface area contributed by atoms with Gasteiger partial charge >= 0.3 is 0 Å². The van der Waals surface area contributed by atoms with Gasteiger partial charge in [0, 0.05) is 50.6 Å². The summed E-state index contributed by atoms with van der Waals surface area (Å²) in [5, 5.41) is 7.73. The minimum Gasteiger partial charge on any atom is -0.354 e. The van der Waals surface area contributed by atoms with Crippen LogP contribution in [0, 0.1) is 5.92 Å². The summed E-state index contributed by atoms with van der Waals surface area (Å²) in [6.45, 7) is 2.84. The fraction of sp³-hybridized carbons (Fsp3) is 0.500. The highest BCUT2D eigenvalue weighted by Gasteiger charge is 2.26. The van der Waals surface area contributed by atoms with Gasteiger partial charge in [-0.1, -0.05) is 11.6 Å². The number of amides is 1. The predicted octanol–water partition coefficient (Wildman–Crippen LogP) is 2.63. The van der Waals surface area contributed by atoms with E-state index in [2.05, 4.69) is 26.5 Å². The van der Waals surface area contributed by atoms with Gasteiger partial charge in [-0.15, -0.1) is 0 Å². The SMILES string of the molecule is O=C(CC1=CCCCC1)N1Cc2ccnn2C[C@@H](CNc2ncccn2)C1. The Hall–Kier alpha value is -2.70. The summed E-state index contributed by atoms with van der Waals surface area (Å²) in [6.07, 6.45) is 12.7. The van der Waals surface area contributed by atoms with Gasteiger partial charge in [-0.2, -0.15) is 5.10 Å². The van der Waals surface area contributed by atoms with Gasteiger partial charge in [0.15, 0.2) is 0 Å². The van der Waals surface area contributed by atoms with Crippen molar-refractivity contribution in [1.82, 2.24) is 24.6 Å². The van der Waals surface area contributed by atoms with Gasteiger partial charge in [-0.05, 0) is 37.8 Å². The topological polar surface area (TPSA) is 75.9 Å². The summed E-state index contributed by atoms with van der Waals surface area (Å²) in [7, 11) is 0.